The van der Waals surface area contributed by atoms with E-state index >= 15 is 0 Å². The second-order valence-electron chi connectivity index (χ2n) is 5.65. The van der Waals surface area contributed by atoms with Crippen LogP contribution in [0.5, 0.6) is 0 Å². The standard InChI is InChI=1S/C17H19NO3S/c1-13-7-9-15(10-8-13)22(20,21)18-12-11-16(17(18)19)14-5-3-2-4-6-14/h2-10,16-17,19H,11-12H2,1H3/t16-,17-/m0/s1. The van der Waals surface area contributed by atoms with Crippen LogP contribution in [-0.4, -0.2) is 30.6 Å². The molecule has 0 radical (unpaired) electrons. The Bertz CT molecular complexity index is 741. The molecule has 1 N–H and O–H groups in total. The summed E-state index contributed by atoms with van der Waals surface area (Å²) in [5.41, 5.74) is 1.97. The molecule has 0 aliphatic carbocycles. The predicted octanol–water partition coefficient (Wildman–Crippen LogP) is 2.49. The number of aliphatic hydroxyl groups is 1. The highest BCUT2D eigenvalue weighted by Gasteiger charge is 2.41. The summed E-state index contributed by atoms with van der Waals surface area (Å²) in [6.45, 7) is 2.24. The van der Waals surface area contributed by atoms with Crippen molar-refractivity contribution in [1.82, 2.24) is 4.31 Å². The molecule has 0 aromatic heterocycles. The smallest absolute Gasteiger partial charge is 0.245 e. The lowest BCUT2D eigenvalue weighted by Crippen LogP contribution is -2.37. The zero-order valence-electron chi connectivity index (χ0n) is 12.4. The first-order valence-corrected chi connectivity index (χ1v) is 8.76. The molecule has 3 rings (SSSR count). The van der Waals surface area contributed by atoms with Gasteiger partial charge in [0.15, 0.2) is 0 Å². The number of sulfonamides is 1. The van der Waals surface area contributed by atoms with Crippen LogP contribution >= 0.6 is 0 Å². The van der Waals surface area contributed by atoms with Gasteiger partial charge in [-0.15, -0.1) is 0 Å². The molecule has 2 aromatic carbocycles. The summed E-state index contributed by atoms with van der Waals surface area (Å²) >= 11 is 0. The predicted molar refractivity (Wildman–Crippen MR) is 84.9 cm³/mol. The molecule has 0 bridgehead atoms. The monoisotopic (exact) mass is 317 g/mol. The molecule has 1 heterocycles. The van der Waals surface area contributed by atoms with Gasteiger partial charge in [-0.2, -0.15) is 4.31 Å². The molecule has 1 fully saturated rings. The molecule has 22 heavy (non-hydrogen) atoms. The van der Waals surface area contributed by atoms with Crippen LogP contribution in [0.1, 0.15) is 23.5 Å². The Kier molecular flexibility index (Phi) is 4.04. The summed E-state index contributed by atoms with van der Waals surface area (Å²) in [6.07, 6.45) is -0.398. The molecule has 2 aromatic rings. The molecule has 0 spiro atoms. The average molecular weight is 317 g/mol. The zero-order chi connectivity index (χ0) is 15.7. The Morgan fingerprint density at radius 2 is 1.68 bits per heavy atom. The SMILES string of the molecule is Cc1ccc(S(=O)(=O)N2CC[C@@H](c3ccccc3)[C@@H]2O)cc1. The third-order valence-electron chi connectivity index (χ3n) is 4.17. The summed E-state index contributed by atoms with van der Waals surface area (Å²) in [7, 11) is -3.66. The fraction of sp³-hybridized carbons (Fsp3) is 0.294. The molecule has 1 aliphatic rings. The Hall–Kier alpha value is -1.69. The molecule has 2 atom stereocenters. The summed E-state index contributed by atoms with van der Waals surface area (Å²) in [6, 6.07) is 16.3. The lowest BCUT2D eigenvalue weighted by Gasteiger charge is -2.23. The molecular formula is C17H19NO3S. The van der Waals surface area contributed by atoms with Crippen molar-refractivity contribution in [3.63, 3.8) is 0 Å². The summed E-state index contributed by atoms with van der Waals surface area (Å²) < 4.78 is 26.6. The van der Waals surface area contributed by atoms with Crippen LogP contribution < -0.4 is 0 Å². The van der Waals surface area contributed by atoms with Crippen LogP contribution in [0.3, 0.4) is 0 Å². The van der Waals surface area contributed by atoms with E-state index < -0.39 is 16.3 Å². The maximum absolute atomic E-state index is 12.7. The molecule has 4 nitrogen and oxygen atoms in total. The number of aryl methyl sites for hydroxylation is 1. The highest BCUT2D eigenvalue weighted by Crippen LogP contribution is 2.35. The van der Waals surface area contributed by atoms with Gasteiger partial charge >= 0.3 is 0 Å². The van der Waals surface area contributed by atoms with Gasteiger partial charge in [0.2, 0.25) is 10.0 Å². The normalized spacial score (nSPS) is 22.8. The largest absolute Gasteiger partial charge is 0.377 e. The van der Waals surface area contributed by atoms with Crippen molar-refractivity contribution >= 4 is 10.0 Å². The average Bonchev–Trinajstić information content (AvgIpc) is 2.91. The van der Waals surface area contributed by atoms with Gasteiger partial charge in [-0.3, -0.25) is 0 Å². The van der Waals surface area contributed by atoms with Crippen molar-refractivity contribution in [3.05, 3.63) is 65.7 Å². The highest BCUT2D eigenvalue weighted by molar-refractivity contribution is 7.89. The first kappa shape index (κ1) is 15.2. The first-order valence-electron chi connectivity index (χ1n) is 7.31. The Morgan fingerprint density at radius 1 is 1.05 bits per heavy atom. The van der Waals surface area contributed by atoms with Gasteiger partial charge < -0.3 is 5.11 Å². The Balaban J connectivity index is 1.88. The van der Waals surface area contributed by atoms with Gasteiger partial charge in [-0.05, 0) is 31.0 Å². The maximum Gasteiger partial charge on any atom is 0.245 e. The maximum atomic E-state index is 12.7. The third kappa shape index (κ3) is 2.67. The van der Waals surface area contributed by atoms with Crippen LogP contribution in [0.2, 0.25) is 0 Å². The lowest BCUT2D eigenvalue weighted by atomic mass is 9.97. The Morgan fingerprint density at radius 3 is 2.32 bits per heavy atom. The fourth-order valence-corrected chi connectivity index (χ4v) is 4.42. The zero-order valence-corrected chi connectivity index (χ0v) is 13.2. The topological polar surface area (TPSA) is 57.6 Å². The van der Waals surface area contributed by atoms with Crippen LogP contribution in [0.15, 0.2) is 59.5 Å². The van der Waals surface area contributed by atoms with Gasteiger partial charge in [0.25, 0.3) is 0 Å². The number of hydrogen-bond donors (Lipinski definition) is 1. The Labute approximate surface area is 131 Å². The molecule has 0 saturated carbocycles. The van der Waals surface area contributed by atoms with Gasteiger partial charge in [0, 0.05) is 12.5 Å². The molecule has 1 aliphatic heterocycles. The highest BCUT2D eigenvalue weighted by atomic mass is 32.2. The minimum Gasteiger partial charge on any atom is -0.377 e. The van der Waals surface area contributed by atoms with Crippen molar-refractivity contribution in [2.45, 2.75) is 30.4 Å². The van der Waals surface area contributed by atoms with Gasteiger partial charge in [0.05, 0.1) is 4.90 Å². The van der Waals surface area contributed by atoms with Gasteiger partial charge in [-0.25, -0.2) is 8.42 Å². The van der Waals surface area contributed by atoms with E-state index in [9.17, 15) is 13.5 Å². The third-order valence-corrected chi connectivity index (χ3v) is 6.05. The minimum absolute atomic E-state index is 0.179. The van der Waals surface area contributed by atoms with E-state index in [1.807, 2.05) is 37.3 Å². The lowest BCUT2D eigenvalue weighted by molar-refractivity contribution is 0.0801. The van der Waals surface area contributed by atoms with Crippen LogP contribution in [0.25, 0.3) is 0 Å². The first-order chi connectivity index (χ1) is 10.5. The summed E-state index contributed by atoms with van der Waals surface area (Å²) in [4.78, 5) is 0.228. The summed E-state index contributed by atoms with van der Waals surface area (Å²) in [5.74, 6) is -0.179. The van der Waals surface area contributed by atoms with Crippen molar-refractivity contribution in [3.8, 4) is 0 Å². The number of rotatable bonds is 3. The number of benzene rings is 2. The van der Waals surface area contributed by atoms with E-state index in [4.69, 9.17) is 0 Å². The van der Waals surface area contributed by atoms with Crippen molar-refractivity contribution in [2.24, 2.45) is 0 Å². The fourth-order valence-electron chi connectivity index (χ4n) is 2.90. The van der Waals surface area contributed by atoms with E-state index in [2.05, 4.69) is 0 Å². The second-order valence-corrected chi connectivity index (χ2v) is 7.54. The van der Waals surface area contributed by atoms with E-state index in [0.29, 0.717) is 13.0 Å². The quantitative estimate of drug-likeness (QED) is 0.946. The van der Waals surface area contributed by atoms with Crippen LogP contribution in [0, 0.1) is 6.92 Å². The summed E-state index contributed by atoms with van der Waals surface area (Å²) in [5, 5.41) is 10.5. The molecule has 0 amide bonds. The van der Waals surface area contributed by atoms with Crippen LogP contribution in [-0.2, 0) is 10.0 Å². The van der Waals surface area contributed by atoms with E-state index in [1.54, 1.807) is 24.3 Å². The van der Waals surface area contributed by atoms with E-state index in [1.165, 1.54) is 4.31 Å². The van der Waals surface area contributed by atoms with Gasteiger partial charge in [0.1, 0.15) is 6.23 Å². The van der Waals surface area contributed by atoms with Crippen LogP contribution in [0.4, 0.5) is 0 Å². The van der Waals surface area contributed by atoms with Gasteiger partial charge in [-0.1, -0.05) is 48.0 Å². The van der Waals surface area contributed by atoms with Crippen molar-refractivity contribution in [2.75, 3.05) is 6.54 Å². The van der Waals surface area contributed by atoms with Crippen molar-refractivity contribution in [1.29, 1.82) is 0 Å². The second kappa shape index (κ2) is 5.83. The molecule has 5 heteroatoms. The molecular weight excluding hydrogens is 298 g/mol. The number of nitrogens with zero attached hydrogens (tertiary/aromatic N) is 1. The molecule has 1 saturated heterocycles. The van der Waals surface area contributed by atoms with E-state index in [-0.39, 0.29) is 10.8 Å². The number of hydrogen-bond acceptors (Lipinski definition) is 3. The van der Waals surface area contributed by atoms with E-state index in [0.717, 1.165) is 11.1 Å². The molecule has 116 valence electrons. The minimum atomic E-state index is -3.66. The number of aliphatic hydroxyl groups excluding tert-OH is 1. The van der Waals surface area contributed by atoms with Crippen molar-refractivity contribution < 1.29 is 13.5 Å². The molecule has 0 unspecified atom stereocenters.